The van der Waals surface area contributed by atoms with Crippen molar-refractivity contribution in [2.45, 2.75) is 36.9 Å². The van der Waals surface area contributed by atoms with Crippen LogP contribution in [0.2, 0.25) is 0 Å². The summed E-state index contributed by atoms with van der Waals surface area (Å²) in [5.41, 5.74) is 1.16. The molecule has 0 aliphatic rings. The largest absolute Gasteiger partial charge is 0.496 e. The Morgan fingerprint density at radius 2 is 2.14 bits per heavy atom. The number of hydrogen-bond donors (Lipinski definition) is 1. The van der Waals surface area contributed by atoms with Crippen LogP contribution in [0.3, 0.4) is 0 Å². The van der Waals surface area contributed by atoms with Gasteiger partial charge in [0.25, 0.3) is 0 Å². The molecule has 2 rings (SSSR count). The van der Waals surface area contributed by atoms with Gasteiger partial charge < -0.3 is 14.6 Å². The van der Waals surface area contributed by atoms with E-state index in [0.717, 1.165) is 33.7 Å². The molecule has 1 aromatic carbocycles. The van der Waals surface area contributed by atoms with E-state index in [1.54, 1.807) is 18.9 Å². The topological polar surface area (TPSA) is 52.0 Å². The van der Waals surface area contributed by atoms with Crippen LogP contribution in [0.4, 0.5) is 0 Å². The number of rotatable bonds is 6. The van der Waals surface area contributed by atoms with Crippen molar-refractivity contribution < 1.29 is 4.74 Å². The Morgan fingerprint density at radius 1 is 1.38 bits per heavy atom. The second-order valence-corrected chi connectivity index (χ2v) is 5.85. The second kappa shape index (κ2) is 6.95. The van der Waals surface area contributed by atoms with Crippen LogP contribution < -0.4 is 10.1 Å². The molecule has 0 fully saturated rings. The summed E-state index contributed by atoms with van der Waals surface area (Å²) in [6.07, 6.45) is 0. The summed E-state index contributed by atoms with van der Waals surface area (Å²) in [6.45, 7) is 7.11. The van der Waals surface area contributed by atoms with Crippen LogP contribution in [0.1, 0.15) is 31.3 Å². The van der Waals surface area contributed by atoms with Gasteiger partial charge in [0.15, 0.2) is 5.16 Å². The van der Waals surface area contributed by atoms with Crippen LogP contribution in [0.15, 0.2) is 28.3 Å². The van der Waals surface area contributed by atoms with E-state index in [1.165, 1.54) is 0 Å². The van der Waals surface area contributed by atoms with Crippen LogP contribution in [-0.2, 0) is 7.05 Å². The third kappa shape index (κ3) is 3.39. The molecule has 0 bridgehead atoms. The van der Waals surface area contributed by atoms with Gasteiger partial charge in [0.05, 0.1) is 7.11 Å². The maximum atomic E-state index is 5.53. The summed E-state index contributed by atoms with van der Waals surface area (Å²) in [6, 6.07) is 6.31. The molecule has 0 amide bonds. The maximum absolute atomic E-state index is 5.53. The molecule has 1 N–H and O–H groups in total. The van der Waals surface area contributed by atoms with Gasteiger partial charge in [-0.1, -0.05) is 13.0 Å². The highest BCUT2D eigenvalue weighted by atomic mass is 32.2. The van der Waals surface area contributed by atoms with Crippen molar-refractivity contribution in [3.05, 3.63) is 29.6 Å². The lowest BCUT2D eigenvalue weighted by molar-refractivity contribution is 0.400. The zero-order valence-electron chi connectivity index (χ0n) is 13.2. The summed E-state index contributed by atoms with van der Waals surface area (Å²) in [4.78, 5) is 1.14. The number of ether oxygens (including phenoxy) is 1. The number of benzene rings is 1. The molecule has 0 aliphatic carbocycles. The van der Waals surface area contributed by atoms with Crippen LogP contribution in [-0.4, -0.2) is 28.4 Å². The second-order valence-electron chi connectivity index (χ2n) is 4.84. The van der Waals surface area contributed by atoms with Crippen LogP contribution in [0, 0.1) is 6.92 Å². The Kier molecular flexibility index (Phi) is 5.25. The van der Waals surface area contributed by atoms with Gasteiger partial charge in [0.2, 0.25) is 0 Å². The summed E-state index contributed by atoms with van der Waals surface area (Å²) >= 11 is 1.61. The fourth-order valence-electron chi connectivity index (χ4n) is 2.20. The molecule has 0 saturated carbocycles. The zero-order chi connectivity index (χ0) is 15.4. The quantitative estimate of drug-likeness (QED) is 0.889. The van der Waals surface area contributed by atoms with E-state index < -0.39 is 0 Å². The molecule has 0 aliphatic heterocycles. The molecule has 21 heavy (non-hydrogen) atoms. The minimum atomic E-state index is 0.211. The third-order valence-corrected chi connectivity index (χ3v) is 4.56. The summed E-state index contributed by atoms with van der Waals surface area (Å²) in [5.74, 6) is 1.80. The molecule has 6 heteroatoms. The molecular formula is C15H22N4OS. The molecule has 1 heterocycles. The van der Waals surface area contributed by atoms with Crippen molar-refractivity contribution in [3.8, 4) is 5.75 Å². The average Bonchev–Trinajstić information content (AvgIpc) is 2.79. The fourth-order valence-corrected chi connectivity index (χ4v) is 3.28. The number of methoxy groups -OCH3 is 1. The molecule has 0 radical (unpaired) electrons. The standard InChI is InChI=1S/C15H22N4OS/c1-6-16-10(2)14-12(20-5)8-7-9-13(14)21-15-18-17-11(3)19(15)4/h7-10,16H,6H2,1-5H3. The van der Waals surface area contributed by atoms with Gasteiger partial charge in [-0.25, -0.2) is 0 Å². The highest BCUT2D eigenvalue weighted by Gasteiger charge is 2.18. The molecule has 1 atom stereocenters. The Morgan fingerprint density at radius 3 is 2.71 bits per heavy atom. The van der Waals surface area contributed by atoms with E-state index in [9.17, 15) is 0 Å². The first-order valence-corrected chi connectivity index (χ1v) is 7.84. The molecule has 1 aromatic heterocycles. The Labute approximate surface area is 130 Å². The predicted molar refractivity (Wildman–Crippen MR) is 84.9 cm³/mol. The molecule has 2 aromatic rings. The van der Waals surface area contributed by atoms with E-state index in [0.29, 0.717) is 0 Å². The van der Waals surface area contributed by atoms with E-state index in [-0.39, 0.29) is 6.04 Å². The van der Waals surface area contributed by atoms with Crippen molar-refractivity contribution >= 4 is 11.8 Å². The number of aryl methyl sites for hydroxylation is 1. The van der Waals surface area contributed by atoms with Gasteiger partial charge >= 0.3 is 0 Å². The van der Waals surface area contributed by atoms with Gasteiger partial charge in [-0.05, 0) is 44.3 Å². The highest BCUT2D eigenvalue weighted by molar-refractivity contribution is 7.99. The third-order valence-electron chi connectivity index (χ3n) is 3.44. The van der Waals surface area contributed by atoms with Gasteiger partial charge in [0, 0.05) is 23.5 Å². The first-order chi connectivity index (χ1) is 10.1. The number of aromatic nitrogens is 3. The summed E-state index contributed by atoms with van der Waals surface area (Å²) < 4.78 is 7.52. The average molecular weight is 306 g/mol. The zero-order valence-corrected chi connectivity index (χ0v) is 14.0. The minimum Gasteiger partial charge on any atom is -0.496 e. The lowest BCUT2D eigenvalue weighted by Gasteiger charge is -2.19. The van der Waals surface area contributed by atoms with Crippen LogP contribution >= 0.6 is 11.8 Å². The normalized spacial score (nSPS) is 12.4. The Balaban J connectivity index is 2.40. The Bertz CT molecular complexity index is 612. The summed E-state index contributed by atoms with van der Waals surface area (Å²) in [7, 11) is 3.68. The fraction of sp³-hybridized carbons (Fsp3) is 0.467. The first kappa shape index (κ1) is 15.9. The van der Waals surface area contributed by atoms with Crippen LogP contribution in [0.25, 0.3) is 0 Å². The lowest BCUT2D eigenvalue weighted by atomic mass is 10.1. The SMILES string of the molecule is CCNC(C)c1c(OC)cccc1Sc1nnc(C)n1C. The monoisotopic (exact) mass is 306 g/mol. The van der Waals surface area contributed by atoms with Gasteiger partial charge in [-0.2, -0.15) is 0 Å². The Hall–Kier alpha value is -1.53. The van der Waals surface area contributed by atoms with E-state index in [1.807, 2.05) is 30.7 Å². The van der Waals surface area contributed by atoms with E-state index >= 15 is 0 Å². The number of nitrogens with zero attached hydrogens (tertiary/aromatic N) is 3. The smallest absolute Gasteiger partial charge is 0.195 e. The van der Waals surface area contributed by atoms with Gasteiger partial charge in [0.1, 0.15) is 11.6 Å². The van der Waals surface area contributed by atoms with Gasteiger partial charge in [-0.3, -0.25) is 0 Å². The molecule has 1 unspecified atom stereocenters. The number of hydrogen-bond acceptors (Lipinski definition) is 5. The summed E-state index contributed by atoms with van der Waals surface area (Å²) in [5, 5.41) is 12.7. The van der Waals surface area contributed by atoms with Crippen LogP contribution in [0.5, 0.6) is 5.75 Å². The van der Waals surface area contributed by atoms with Gasteiger partial charge in [-0.15, -0.1) is 10.2 Å². The van der Waals surface area contributed by atoms with Crippen molar-refractivity contribution in [2.24, 2.45) is 7.05 Å². The van der Waals surface area contributed by atoms with Crippen molar-refractivity contribution in [3.63, 3.8) is 0 Å². The van der Waals surface area contributed by atoms with Crippen molar-refractivity contribution in [1.82, 2.24) is 20.1 Å². The minimum absolute atomic E-state index is 0.211. The van der Waals surface area contributed by atoms with E-state index in [4.69, 9.17) is 4.74 Å². The molecular weight excluding hydrogens is 284 g/mol. The van der Waals surface area contributed by atoms with Crippen molar-refractivity contribution in [2.75, 3.05) is 13.7 Å². The lowest BCUT2D eigenvalue weighted by Crippen LogP contribution is -2.19. The predicted octanol–water partition coefficient (Wildman–Crippen LogP) is 2.95. The number of nitrogens with one attached hydrogen (secondary N) is 1. The molecule has 114 valence electrons. The maximum Gasteiger partial charge on any atom is 0.195 e. The van der Waals surface area contributed by atoms with Crippen molar-refractivity contribution in [1.29, 1.82) is 0 Å². The first-order valence-electron chi connectivity index (χ1n) is 7.02. The molecule has 5 nitrogen and oxygen atoms in total. The molecule has 0 spiro atoms. The highest BCUT2D eigenvalue weighted by Crippen LogP contribution is 2.37. The molecule has 0 saturated heterocycles. The van der Waals surface area contributed by atoms with E-state index in [2.05, 4.69) is 35.4 Å².